The Hall–Kier alpha value is -1.46. The molecule has 2 rings (SSSR count). The van der Waals surface area contributed by atoms with Gasteiger partial charge in [-0.05, 0) is 18.2 Å². The molecule has 5 nitrogen and oxygen atoms in total. The number of sulfonamides is 1. The molecule has 0 aliphatic rings. The van der Waals surface area contributed by atoms with Gasteiger partial charge in [0.05, 0.1) is 33.2 Å². The van der Waals surface area contributed by atoms with Crippen molar-refractivity contribution in [3.05, 3.63) is 45.4 Å². The molecular formula is C11H8ClN3O2S2. The summed E-state index contributed by atoms with van der Waals surface area (Å²) in [5, 5.41) is 10.6. The van der Waals surface area contributed by atoms with E-state index in [0.717, 1.165) is 0 Å². The highest BCUT2D eigenvalue weighted by atomic mass is 35.5. The zero-order chi connectivity index (χ0) is 13.9. The SMILES string of the molecule is N#Cc1ccc(S(=O)(=O)NCc2cscn2)cc1Cl. The molecular weight excluding hydrogens is 306 g/mol. The van der Waals surface area contributed by atoms with E-state index in [1.165, 1.54) is 29.5 Å². The van der Waals surface area contributed by atoms with Gasteiger partial charge in [-0.2, -0.15) is 5.26 Å². The minimum absolute atomic E-state index is 0.0201. The van der Waals surface area contributed by atoms with Gasteiger partial charge in [-0.15, -0.1) is 11.3 Å². The summed E-state index contributed by atoms with van der Waals surface area (Å²) < 4.78 is 26.4. The van der Waals surface area contributed by atoms with E-state index in [0.29, 0.717) is 5.69 Å². The molecule has 0 amide bonds. The lowest BCUT2D eigenvalue weighted by atomic mass is 10.2. The van der Waals surface area contributed by atoms with E-state index in [9.17, 15) is 8.42 Å². The summed E-state index contributed by atoms with van der Waals surface area (Å²) in [7, 11) is -3.66. The van der Waals surface area contributed by atoms with Gasteiger partial charge in [0.15, 0.2) is 0 Å². The van der Waals surface area contributed by atoms with Crippen molar-refractivity contribution in [3.63, 3.8) is 0 Å². The molecule has 98 valence electrons. The minimum Gasteiger partial charge on any atom is -0.248 e. The maximum Gasteiger partial charge on any atom is 0.240 e. The predicted molar refractivity (Wildman–Crippen MR) is 72.3 cm³/mol. The first-order chi connectivity index (χ1) is 9.03. The first-order valence-corrected chi connectivity index (χ1v) is 7.90. The van der Waals surface area contributed by atoms with E-state index in [1.807, 2.05) is 6.07 Å². The highest BCUT2D eigenvalue weighted by molar-refractivity contribution is 7.89. The second-order valence-corrected chi connectivity index (χ2v) is 6.45. The molecule has 2 aromatic rings. The van der Waals surface area contributed by atoms with Gasteiger partial charge in [0.1, 0.15) is 6.07 Å². The van der Waals surface area contributed by atoms with E-state index in [-0.39, 0.29) is 22.0 Å². The summed E-state index contributed by atoms with van der Waals surface area (Å²) in [5.74, 6) is 0. The Morgan fingerprint density at radius 2 is 2.26 bits per heavy atom. The van der Waals surface area contributed by atoms with Crippen LogP contribution in [0.1, 0.15) is 11.3 Å². The highest BCUT2D eigenvalue weighted by Gasteiger charge is 2.15. The third kappa shape index (κ3) is 3.30. The Labute approximate surface area is 119 Å². The molecule has 0 fully saturated rings. The lowest BCUT2D eigenvalue weighted by molar-refractivity contribution is 0.580. The predicted octanol–water partition coefficient (Wildman–Crippen LogP) is 2.15. The Kier molecular flexibility index (Phi) is 4.17. The first-order valence-electron chi connectivity index (χ1n) is 5.09. The van der Waals surface area contributed by atoms with Crippen LogP contribution in [0.4, 0.5) is 0 Å². The fraction of sp³-hybridized carbons (Fsp3) is 0.0909. The molecule has 0 saturated heterocycles. The van der Waals surface area contributed by atoms with E-state index in [2.05, 4.69) is 9.71 Å². The number of halogens is 1. The van der Waals surface area contributed by atoms with Crippen LogP contribution in [0.3, 0.4) is 0 Å². The van der Waals surface area contributed by atoms with Crippen LogP contribution in [0.25, 0.3) is 0 Å². The van der Waals surface area contributed by atoms with Gasteiger partial charge in [0.2, 0.25) is 10.0 Å². The summed E-state index contributed by atoms with van der Waals surface area (Å²) in [5.41, 5.74) is 2.51. The molecule has 1 heterocycles. The van der Waals surface area contributed by atoms with Gasteiger partial charge in [-0.3, -0.25) is 0 Å². The van der Waals surface area contributed by atoms with E-state index in [1.54, 1.807) is 10.9 Å². The van der Waals surface area contributed by atoms with E-state index < -0.39 is 10.0 Å². The number of nitriles is 1. The number of aromatic nitrogens is 1. The van der Waals surface area contributed by atoms with Crippen LogP contribution in [0.2, 0.25) is 5.02 Å². The second kappa shape index (κ2) is 5.67. The molecule has 19 heavy (non-hydrogen) atoms. The summed E-state index contributed by atoms with van der Waals surface area (Å²) in [6, 6.07) is 5.84. The van der Waals surface area contributed by atoms with Gasteiger partial charge in [0.25, 0.3) is 0 Å². The van der Waals surface area contributed by atoms with Crippen LogP contribution >= 0.6 is 22.9 Å². The number of hydrogen-bond acceptors (Lipinski definition) is 5. The van der Waals surface area contributed by atoms with Crippen molar-refractivity contribution in [2.24, 2.45) is 0 Å². The van der Waals surface area contributed by atoms with Crippen LogP contribution in [-0.4, -0.2) is 13.4 Å². The molecule has 0 atom stereocenters. The third-order valence-corrected chi connectivity index (χ3v) is 4.64. The molecule has 1 aromatic carbocycles. The first kappa shape index (κ1) is 14.0. The standard InChI is InChI=1S/C11H8ClN3O2S2/c12-11-3-10(2-1-8(11)4-13)19(16,17)15-5-9-6-18-7-14-9/h1-3,6-7,15H,5H2. The Bertz CT molecular complexity index is 721. The molecule has 0 spiro atoms. The van der Waals surface area contributed by atoms with Crippen LogP contribution in [0, 0.1) is 11.3 Å². The molecule has 0 saturated carbocycles. The summed E-state index contributed by atoms with van der Waals surface area (Å²) in [6.45, 7) is 0.115. The number of nitrogens with zero attached hydrogens (tertiary/aromatic N) is 2. The highest BCUT2D eigenvalue weighted by Crippen LogP contribution is 2.20. The molecule has 8 heteroatoms. The molecule has 1 N–H and O–H groups in total. The molecule has 0 unspecified atom stereocenters. The van der Waals surface area contributed by atoms with E-state index in [4.69, 9.17) is 16.9 Å². The van der Waals surface area contributed by atoms with Crippen LogP contribution in [0.15, 0.2) is 34.0 Å². The number of rotatable bonds is 4. The average Bonchev–Trinajstić information content (AvgIpc) is 2.89. The van der Waals surface area contributed by atoms with Gasteiger partial charge >= 0.3 is 0 Å². The fourth-order valence-corrected chi connectivity index (χ4v) is 3.20. The van der Waals surface area contributed by atoms with Crippen LogP contribution in [-0.2, 0) is 16.6 Å². The quantitative estimate of drug-likeness (QED) is 0.937. The Morgan fingerprint density at radius 3 is 2.84 bits per heavy atom. The summed E-state index contributed by atoms with van der Waals surface area (Å²) in [4.78, 5) is 4.00. The molecule has 0 bridgehead atoms. The number of thiazole rings is 1. The molecule has 0 radical (unpaired) electrons. The van der Waals surface area contributed by atoms with Crippen LogP contribution < -0.4 is 4.72 Å². The normalized spacial score (nSPS) is 11.2. The lowest BCUT2D eigenvalue weighted by Crippen LogP contribution is -2.23. The number of benzene rings is 1. The van der Waals surface area contributed by atoms with Gasteiger partial charge in [0, 0.05) is 5.38 Å². The zero-order valence-electron chi connectivity index (χ0n) is 9.50. The largest absolute Gasteiger partial charge is 0.248 e. The Morgan fingerprint density at radius 1 is 1.47 bits per heavy atom. The second-order valence-electron chi connectivity index (χ2n) is 3.56. The maximum atomic E-state index is 12.0. The molecule has 0 aliphatic heterocycles. The van der Waals surface area contributed by atoms with Gasteiger partial charge < -0.3 is 0 Å². The van der Waals surface area contributed by atoms with Crippen molar-refractivity contribution < 1.29 is 8.42 Å². The van der Waals surface area contributed by atoms with Gasteiger partial charge in [-0.25, -0.2) is 18.1 Å². The minimum atomic E-state index is -3.66. The maximum absolute atomic E-state index is 12.0. The Balaban J connectivity index is 2.20. The van der Waals surface area contributed by atoms with E-state index >= 15 is 0 Å². The van der Waals surface area contributed by atoms with Crippen molar-refractivity contribution in [2.75, 3.05) is 0 Å². The monoisotopic (exact) mass is 313 g/mol. The van der Waals surface area contributed by atoms with Crippen molar-refractivity contribution in [1.29, 1.82) is 5.26 Å². The fourth-order valence-electron chi connectivity index (χ4n) is 1.33. The summed E-state index contributed by atoms with van der Waals surface area (Å²) in [6.07, 6.45) is 0. The lowest BCUT2D eigenvalue weighted by Gasteiger charge is -2.06. The third-order valence-electron chi connectivity index (χ3n) is 2.30. The number of nitrogens with one attached hydrogen (secondary N) is 1. The zero-order valence-corrected chi connectivity index (χ0v) is 11.9. The number of hydrogen-bond donors (Lipinski definition) is 1. The van der Waals surface area contributed by atoms with Crippen LogP contribution in [0.5, 0.6) is 0 Å². The summed E-state index contributed by atoms with van der Waals surface area (Å²) >= 11 is 7.20. The van der Waals surface area contributed by atoms with Gasteiger partial charge in [-0.1, -0.05) is 11.6 Å². The van der Waals surface area contributed by atoms with Crippen molar-refractivity contribution in [3.8, 4) is 6.07 Å². The van der Waals surface area contributed by atoms with Crippen molar-refractivity contribution in [2.45, 2.75) is 11.4 Å². The molecule has 1 aromatic heterocycles. The van der Waals surface area contributed by atoms with Crippen molar-refractivity contribution in [1.82, 2.24) is 9.71 Å². The smallest absolute Gasteiger partial charge is 0.240 e. The topological polar surface area (TPSA) is 82.8 Å². The van der Waals surface area contributed by atoms with Crippen molar-refractivity contribution >= 4 is 33.0 Å². The molecule has 0 aliphatic carbocycles. The average molecular weight is 314 g/mol.